The second-order valence-electron chi connectivity index (χ2n) is 9.54. The van der Waals surface area contributed by atoms with Crippen LogP contribution in [-0.2, 0) is 21.8 Å². The molecule has 35 heavy (non-hydrogen) atoms. The van der Waals surface area contributed by atoms with Gasteiger partial charge in [-0.2, -0.15) is 9.40 Å². The van der Waals surface area contributed by atoms with E-state index in [9.17, 15) is 8.42 Å². The lowest BCUT2D eigenvalue weighted by atomic mass is 9.96. The Morgan fingerprint density at radius 1 is 1.23 bits per heavy atom. The third-order valence-corrected chi connectivity index (χ3v) is 10.3. The molecule has 4 rings (SSSR count). The Kier molecular flexibility index (Phi) is 9.04. The summed E-state index contributed by atoms with van der Waals surface area (Å²) in [4.78, 5) is 8.14. The van der Waals surface area contributed by atoms with Crippen molar-refractivity contribution in [3.8, 4) is 10.6 Å². The second kappa shape index (κ2) is 11.8. The number of morpholine rings is 1. The van der Waals surface area contributed by atoms with E-state index >= 15 is 0 Å². The summed E-state index contributed by atoms with van der Waals surface area (Å²) in [5.41, 5.74) is 0.732. The van der Waals surface area contributed by atoms with Gasteiger partial charge in [0, 0.05) is 44.8 Å². The molecule has 2 aromatic rings. The molecule has 0 N–H and O–H groups in total. The highest BCUT2D eigenvalue weighted by Crippen LogP contribution is 2.31. The highest BCUT2D eigenvalue weighted by molar-refractivity contribution is 7.89. The molecule has 0 radical (unpaired) electrons. The smallest absolute Gasteiger partial charge is 0.244 e. The fourth-order valence-corrected chi connectivity index (χ4v) is 7.71. The van der Waals surface area contributed by atoms with Gasteiger partial charge >= 0.3 is 0 Å². The lowest BCUT2D eigenvalue weighted by molar-refractivity contribution is 0.0356. The van der Waals surface area contributed by atoms with Crippen molar-refractivity contribution in [1.29, 1.82) is 0 Å². The Morgan fingerprint density at radius 3 is 2.63 bits per heavy atom. The topological polar surface area (TPSA) is 80.0 Å². The first-order valence-corrected chi connectivity index (χ1v) is 15.1. The summed E-state index contributed by atoms with van der Waals surface area (Å²) in [6, 6.07) is 5.29. The summed E-state index contributed by atoms with van der Waals surface area (Å²) in [7, 11) is -1.91. The van der Waals surface area contributed by atoms with E-state index in [1.54, 1.807) is 21.1 Å². The van der Waals surface area contributed by atoms with E-state index in [4.69, 9.17) is 21.3 Å². The Balaban J connectivity index is 1.60. The molecule has 1 aliphatic heterocycles. The number of aromatic nitrogens is 2. The number of hydrogen-bond acceptors (Lipinski definition) is 7. The second-order valence-corrected chi connectivity index (χ2v) is 12.8. The van der Waals surface area contributed by atoms with E-state index in [0.717, 1.165) is 41.3 Å². The molecule has 8 nitrogen and oxygen atoms in total. The minimum Gasteiger partial charge on any atom is -0.379 e. The van der Waals surface area contributed by atoms with Crippen LogP contribution in [0.3, 0.4) is 0 Å². The maximum absolute atomic E-state index is 13.7. The third-order valence-electron chi connectivity index (χ3n) is 6.65. The van der Waals surface area contributed by atoms with Gasteiger partial charge < -0.3 is 4.74 Å². The highest BCUT2D eigenvalue weighted by atomic mass is 35.5. The number of hydrogen-bond donors (Lipinski definition) is 0. The summed E-state index contributed by atoms with van der Waals surface area (Å²) in [6.45, 7) is 7.85. The van der Waals surface area contributed by atoms with Gasteiger partial charge in [-0.25, -0.2) is 13.1 Å². The molecule has 1 saturated heterocycles. The maximum atomic E-state index is 13.7. The molecule has 0 atom stereocenters. The van der Waals surface area contributed by atoms with Crippen molar-refractivity contribution in [3.63, 3.8) is 0 Å². The first kappa shape index (κ1) is 26.8. The molecule has 1 aromatic heterocycles. The van der Waals surface area contributed by atoms with Gasteiger partial charge in [0.1, 0.15) is 9.90 Å². The van der Waals surface area contributed by atoms with Crippen molar-refractivity contribution < 1.29 is 13.2 Å². The fraction of sp³-hybridized carbons (Fsp3) is 0.667. The molecule has 0 bridgehead atoms. The molecule has 2 aliphatic rings. The lowest BCUT2D eigenvalue weighted by Gasteiger charge is -2.31. The normalized spacial score (nSPS) is 19.2. The Morgan fingerprint density at radius 2 is 1.94 bits per heavy atom. The maximum Gasteiger partial charge on any atom is 0.244 e. The minimum atomic E-state index is -3.80. The minimum absolute atomic E-state index is 0.121. The number of ether oxygens (including phenoxy) is 1. The standard InChI is InChI=1S/C24H36ClN5O3S2/c1-18(2)30(12-11-29-13-15-33-16-14-29)35(31,32)22-17-19(9-10-21(22)25)23-27-28(3)24(34-23)26-20-7-5-4-6-8-20/h9-10,17-18,20H,4-8,11-16H2,1-3H3/b26-24+. The van der Waals surface area contributed by atoms with Crippen LogP contribution in [0.25, 0.3) is 10.6 Å². The molecular formula is C24H36ClN5O3S2. The molecule has 0 unspecified atom stereocenters. The molecule has 2 fully saturated rings. The van der Waals surface area contributed by atoms with Crippen LogP contribution in [-0.4, -0.2) is 78.9 Å². The summed E-state index contributed by atoms with van der Waals surface area (Å²) < 4.78 is 36.2. The molecule has 1 aliphatic carbocycles. The van der Waals surface area contributed by atoms with Gasteiger partial charge in [0.25, 0.3) is 0 Å². The molecular weight excluding hydrogens is 506 g/mol. The molecule has 0 amide bonds. The van der Waals surface area contributed by atoms with Crippen molar-refractivity contribution >= 4 is 33.0 Å². The van der Waals surface area contributed by atoms with Crippen LogP contribution in [0, 0.1) is 0 Å². The van der Waals surface area contributed by atoms with Gasteiger partial charge in [-0.3, -0.25) is 9.89 Å². The van der Waals surface area contributed by atoms with Crippen LogP contribution < -0.4 is 4.80 Å². The fourth-order valence-electron chi connectivity index (χ4n) is 4.63. The van der Waals surface area contributed by atoms with Crippen LogP contribution in [0.2, 0.25) is 5.02 Å². The van der Waals surface area contributed by atoms with E-state index in [0.29, 0.717) is 32.3 Å². The average Bonchev–Trinajstić information content (AvgIpc) is 3.20. The zero-order valence-electron chi connectivity index (χ0n) is 20.8. The quantitative estimate of drug-likeness (QED) is 0.508. The van der Waals surface area contributed by atoms with Gasteiger partial charge in [0.2, 0.25) is 14.8 Å². The Labute approximate surface area is 217 Å². The first-order chi connectivity index (χ1) is 16.8. The van der Waals surface area contributed by atoms with Crippen molar-refractivity contribution in [2.45, 2.75) is 62.9 Å². The van der Waals surface area contributed by atoms with Gasteiger partial charge in [-0.15, -0.1) is 0 Å². The van der Waals surface area contributed by atoms with E-state index in [-0.39, 0.29) is 16.0 Å². The third kappa shape index (κ3) is 6.53. The predicted octanol–water partition coefficient (Wildman–Crippen LogP) is 3.77. The van der Waals surface area contributed by atoms with Crippen molar-refractivity contribution in [2.75, 3.05) is 39.4 Å². The van der Waals surface area contributed by atoms with Crippen LogP contribution in [0.15, 0.2) is 28.1 Å². The van der Waals surface area contributed by atoms with Crippen LogP contribution >= 0.6 is 22.9 Å². The van der Waals surface area contributed by atoms with Crippen molar-refractivity contribution in [2.24, 2.45) is 12.0 Å². The number of benzene rings is 1. The predicted molar refractivity (Wildman–Crippen MR) is 140 cm³/mol. The number of sulfonamides is 1. The zero-order chi connectivity index (χ0) is 25.0. The van der Waals surface area contributed by atoms with Gasteiger partial charge in [0.05, 0.1) is 24.3 Å². The Hall–Kier alpha value is -1.30. The lowest BCUT2D eigenvalue weighted by Crippen LogP contribution is -2.45. The average molecular weight is 542 g/mol. The van der Waals surface area contributed by atoms with Crippen LogP contribution in [0.1, 0.15) is 46.0 Å². The summed E-state index contributed by atoms with van der Waals surface area (Å²) >= 11 is 7.95. The number of nitrogens with zero attached hydrogens (tertiary/aromatic N) is 5. The monoisotopic (exact) mass is 541 g/mol. The van der Waals surface area contributed by atoms with Crippen LogP contribution in [0.4, 0.5) is 0 Å². The molecule has 1 aromatic carbocycles. The Bertz CT molecular complexity index is 1170. The van der Waals surface area contributed by atoms with Gasteiger partial charge in [-0.1, -0.05) is 48.3 Å². The van der Waals surface area contributed by atoms with E-state index in [1.165, 1.54) is 30.6 Å². The first-order valence-electron chi connectivity index (χ1n) is 12.5. The molecule has 1 saturated carbocycles. The zero-order valence-corrected chi connectivity index (χ0v) is 23.2. The SMILES string of the molecule is CC(C)N(CCN1CCOCC1)S(=O)(=O)c1cc(-c2nn(C)/c(=N\C3CCCCC3)s2)ccc1Cl. The molecule has 11 heteroatoms. The van der Waals surface area contributed by atoms with Crippen molar-refractivity contribution in [3.05, 3.63) is 28.0 Å². The number of halogens is 1. The highest BCUT2D eigenvalue weighted by Gasteiger charge is 2.30. The number of aryl methyl sites for hydroxylation is 1. The van der Waals surface area contributed by atoms with E-state index in [1.807, 2.05) is 27.0 Å². The molecule has 0 spiro atoms. The largest absolute Gasteiger partial charge is 0.379 e. The summed E-state index contributed by atoms with van der Waals surface area (Å²) in [5, 5.41) is 5.60. The van der Waals surface area contributed by atoms with Gasteiger partial charge in [-0.05, 0) is 38.8 Å². The van der Waals surface area contributed by atoms with Crippen molar-refractivity contribution in [1.82, 2.24) is 19.0 Å². The van der Waals surface area contributed by atoms with E-state index < -0.39 is 10.0 Å². The van der Waals surface area contributed by atoms with Gasteiger partial charge in [0.15, 0.2) is 0 Å². The summed E-state index contributed by atoms with van der Waals surface area (Å²) in [6.07, 6.45) is 5.96. The summed E-state index contributed by atoms with van der Waals surface area (Å²) in [5.74, 6) is 0. The van der Waals surface area contributed by atoms with Crippen LogP contribution in [0.5, 0.6) is 0 Å². The van der Waals surface area contributed by atoms with E-state index in [2.05, 4.69) is 10.00 Å². The molecule has 194 valence electrons. The molecule has 2 heterocycles. The number of rotatable bonds is 8.